The van der Waals surface area contributed by atoms with Gasteiger partial charge < -0.3 is 0 Å². The highest BCUT2D eigenvalue weighted by molar-refractivity contribution is 5.04. The molecule has 0 aromatic heterocycles. The SMILES string of the molecule is CC1CCC(C=CC2CCCC(N(C3CCCCC3)C3CCC(C4CCCC5C4CCCC5N(C4CCCCC4)C4CCCC(C=CC5CCCCC5)C4)CC3)C2)CC1. The summed E-state index contributed by atoms with van der Waals surface area (Å²) >= 11 is 0. The molecule has 9 fully saturated rings. The van der Waals surface area contributed by atoms with E-state index in [1.54, 1.807) is 38.5 Å². The number of nitrogens with zero attached hydrogens (tertiary/aromatic N) is 2. The maximum Gasteiger partial charge on any atom is 0.0132 e. The summed E-state index contributed by atoms with van der Waals surface area (Å²) in [4.78, 5) is 6.67. The third-order valence-electron chi connectivity index (χ3n) is 20.1. The lowest BCUT2D eigenvalue weighted by atomic mass is 9.58. The van der Waals surface area contributed by atoms with Gasteiger partial charge in [-0.25, -0.2) is 0 Å². The molecule has 0 saturated heterocycles. The van der Waals surface area contributed by atoms with Crippen molar-refractivity contribution >= 4 is 0 Å². The van der Waals surface area contributed by atoms with E-state index in [4.69, 9.17) is 0 Å². The zero-order valence-electron chi connectivity index (χ0n) is 39.0. The number of fused-ring (bicyclic) bond motifs is 1. The molecule has 0 spiro atoms. The fraction of sp³-hybridized carbons (Fsp3) is 0.930. The van der Waals surface area contributed by atoms with Gasteiger partial charge in [0.1, 0.15) is 0 Å². The number of rotatable bonds is 11. The Morgan fingerprint density at radius 1 is 0.288 bits per heavy atom. The monoisotopic (exact) mass is 809 g/mol. The van der Waals surface area contributed by atoms with Crippen LogP contribution in [-0.4, -0.2) is 46.1 Å². The molecule has 8 atom stereocenters. The van der Waals surface area contributed by atoms with Gasteiger partial charge in [0.2, 0.25) is 0 Å². The summed E-state index contributed by atoms with van der Waals surface area (Å²) in [7, 11) is 0. The molecule has 59 heavy (non-hydrogen) atoms. The number of hydrogen-bond acceptors (Lipinski definition) is 2. The molecule has 9 rings (SSSR count). The van der Waals surface area contributed by atoms with Crippen molar-refractivity contribution < 1.29 is 0 Å². The summed E-state index contributed by atoms with van der Waals surface area (Å²) in [5.74, 6) is 8.54. The normalized spacial score (nSPS) is 41.8. The van der Waals surface area contributed by atoms with E-state index < -0.39 is 0 Å². The maximum absolute atomic E-state index is 3.38. The van der Waals surface area contributed by atoms with Gasteiger partial charge in [-0.15, -0.1) is 0 Å². The van der Waals surface area contributed by atoms with E-state index in [0.717, 1.165) is 89.5 Å². The molecule has 0 N–H and O–H groups in total. The second kappa shape index (κ2) is 21.9. The Morgan fingerprint density at radius 2 is 0.712 bits per heavy atom. The first kappa shape index (κ1) is 43.6. The minimum absolute atomic E-state index is 0.847. The quantitative estimate of drug-likeness (QED) is 0.192. The van der Waals surface area contributed by atoms with Crippen LogP contribution in [0.25, 0.3) is 0 Å². The number of hydrogen-bond donors (Lipinski definition) is 0. The summed E-state index contributed by atoms with van der Waals surface area (Å²) in [5, 5.41) is 0. The van der Waals surface area contributed by atoms with E-state index in [1.165, 1.54) is 199 Å². The fourth-order valence-corrected chi connectivity index (χ4v) is 17.0. The molecule has 0 radical (unpaired) electrons. The third-order valence-corrected chi connectivity index (χ3v) is 20.1. The molecule has 0 bridgehead atoms. The topological polar surface area (TPSA) is 6.48 Å². The van der Waals surface area contributed by atoms with E-state index >= 15 is 0 Å². The minimum Gasteiger partial charge on any atom is -0.294 e. The van der Waals surface area contributed by atoms with Crippen molar-refractivity contribution in [2.75, 3.05) is 0 Å². The van der Waals surface area contributed by atoms with Gasteiger partial charge in [-0.3, -0.25) is 9.80 Å². The van der Waals surface area contributed by atoms with Crippen molar-refractivity contribution in [2.24, 2.45) is 53.3 Å². The largest absolute Gasteiger partial charge is 0.294 e. The van der Waals surface area contributed by atoms with Crippen LogP contribution in [0.5, 0.6) is 0 Å². The van der Waals surface area contributed by atoms with Gasteiger partial charge in [-0.1, -0.05) is 128 Å². The average Bonchev–Trinajstić information content (AvgIpc) is 3.30. The molecular formula is C57H96N2. The van der Waals surface area contributed by atoms with Gasteiger partial charge in [0, 0.05) is 36.3 Å². The first-order chi connectivity index (χ1) is 29.2. The van der Waals surface area contributed by atoms with Gasteiger partial charge in [0.05, 0.1) is 0 Å². The minimum atomic E-state index is 0.847. The molecule has 0 aromatic carbocycles. The Hall–Kier alpha value is -0.600. The van der Waals surface area contributed by atoms with Crippen LogP contribution in [0, 0.1) is 53.3 Å². The fourth-order valence-electron chi connectivity index (χ4n) is 17.0. The lowest BCUT2D eigenvalue weighted by Gasteiger charge is -2.56. The second-order valence-corrected chi connectivity index (χ2v) is 23.8. The van der Waals surface area contributed by atoms with Crippen LogP contribution in [0.2, 0.25) is 0 Å². The summed E-state index contributed by atoms with van der Waals surface area (Å²) in [5.41, 5.74) is 0. The van der Waals surface area contributed by atoms with Crippen LogP contribution in [0.3, 0.4) is 0 Å². The highest BCUT2D eigenvalue weighted by atomic mass is 15.2. The van der Waals surface area contributed by atoms with Crippen molar-refractivity contribution in [3.63, 3.8) is 0 Å². The molecule has 0 aromatic rings. The van der Waals surface area contributed by atoms with E-state index in [1.807, 2.05) is 0 Å². The molecule has 2 nitrogen and oxygen atoms in total. The lowest BCUT2D eigenvalue weighted by Crippen LogP contribution is -2.58. The predicted octanol–water partition coefficient (Wildman–Crippen LogP) is 16.0. The summed E-state index contributed by atoms with van der Waals surface area (Å²) < 4.78 is 0. The average molecular weight is 809 g/mol. The summed E-state index contributed by atoms with van der Waals surface area (Å²) in [6.07, 6.45) is 66.5. The van der Waals surface area contributed by atoms with Crippen LogP contribution >= 0.6 is 0 Å². The second-order valence-electron chi connectivity index (χ2n) is 23.8. The van der Waals surface area contributed by atoms with Crippen LogP contribution in [-0.2, 0) is 0 Å². The van der Waals surface area contributed by atoms with Crippen molar-refractivity contribution in [1.82, 2.24) is 9.80 Å². The Kier molecular flexibility index (Phi) is 16.2. The molecule has 334 valence electrons. The smallest absolute Gasteiger partial charge is 0.0132 e. The Balaban J connectivity index is 0.850. The molecule has 9 aliphatic rings. The molecule has 8 unspecified atom stereocenters. The molecule has 9 aliphatic carbocycles. The molecule has 0 amide bonds. The Morgan fingerprint density at radius 3 is 1.34 bits per heavy atom. The van der Waals surface area contributed by atoms with Crippen LogP contribution in [0.1, 0.15) is 244 Å². The molecule has 0 aliphatic heterocycles. The molecule has 0 heterocycles. The van der Waals surface area contributed by atoms with E-state index in [9.17, 15) is 0 Å². The van der Waals surface area contributed by atoms with E-state index in [2.05, 4.69) is 41.0 Å². The Bertz CT molecular complexity index is 1270. The Labute approximate surface area is 366 Å². The maximum atomic E-state index is 3.38. The molecule has 2 heteroatoms. The van der Waals surface area contributed by atoms with Crippen molar-refractivity contribution in [2.45, 2.75) is 281 Å². The van der Waals surface area contributed by atoms with Crippen molar-refractivity contribution in [3.05, 3.63) is 24.3 Å². The lowest BCUT2D eigenvalue weighted by molar-refractivity contribution is -0.0634. The van der Waals surface area contributed by atoms with E-state index in [0.29, 0.717) is 0 Å². The molecule has 9 saturated carbocycles. The third kappa shape index (κ3) is 11.2. The first-order valence-electron chi connectivity index (χ1n) is 28.1. The highest BCUT2D eigenvalue weighted by Crippen LogP contribution is 2.53. The van der Waals surface area contributed by atoms with Crippen molar-refractivity contribution in [3.8, 4) is 0 Å². The molecular weight excluding hydrogens is 713 g/mol. The number of allylic oxidation sites excluding steroid dienone is 4. The van der Waals surface area contributed by atoms with Crippen LogP contribution in [0.4, 0.5) is 0 Å². The zero-order chi connectivity index (χ0) is 39.8. The highest BCUT2D eigenvalue weighted by Gasteiger charge is 2.48. The zero-order valence-corrected chi connectivity index (χ0v) is 39.0. The summed E-state index contributed by atoms with van der Waals surface area (Å²) in [6.45, 7) is 2.48. The van der Waals surface area contributed by atoms with Crippen molar-refractivity contribution in [1.29, 1.82) is 0 Å². The van der Waals surface area contributed by atoms with Crippen LogP contribution < -0.4 is 0 Å². The van der Waals surface area contributed by atoms with Crippen LogP contribution in [0.15, 0.2) is 24.3 Å². The standard InChI is InChI=1S/C57H96N2/c1-43-29-31-45(32-30-43)34-36-46-17-11-23-52(41-46)58(49-19-7-3-8-20-49)51-39-37-48(38-40-51)54-25-13-27-56-55(54)26-14-28-57(56)59(50-21-9-4-10-22-50)53-24-12-18-47(42-53)35-33-44-15-5-2-6-16-44/h33-36,43-57H,2-32,37-42H2,1H3. The predicted molar refractivity (Wildman–Crippen MR) is 253 cm³/mol. The van der Waals surface area contributed by atoms with Gasteiger partial charge in [0.15, 0.2) is 0 Å². The summed E-state index contributed by atoms with van der Waals surface area (Å²) in [6, 6.07) is 5.30. The van der Waals surface area contributed by atoms with Gasteiger partial charge >= 0.3 is 0 Å². The van der Waals surface area contributed by atoms with Gasteiger partial charge in [-0.2, -0.15) is 0 Å². The first-order valence-corrected chi connectivity index (χ1v) is 28.1. The van der Waals surface area contributed by atoms with Gasteiger partial charge in [-0.05, 0) is 195 Å². The van der Waals surface area contributed by atoms with Gasteiger partial charge in [0.25, 0.3) is 0 Å². The van der Waals surface area contributed by atoms with E-state index in [-0.39, 0.29) is 0 Å².